The second kappa shape index (κ2) is 14.8. The number of piperazine rings is 1. The van der Waals surface area contributed by atoms with Crippen molar-refractivity contribution in [1.29, 1.82) is 0 Å². The fraction of sp³-hybridized carbons (Fsp3) is 0.277. The van der Waals surface area contributed by atoms with Crippen LogP contribution in [0, 0.1) is 0 Å². The second-order valence-corrected chi connectivity index (χ2v) is 15.1. The summed E-state index contributed by atoms with van der Waals surface area (Å²) in [4.78, 5) is 28.2. The third-order valence-corrected chi connectivity index (χ3v) is 11.3. The second-order valence-electron chi connectivity index (χ2n) is 15.1. The summed E-state index contributed by atoms with van der Waals surface area (Å²) in [6, 6.07) is 36.9. The first kappa shape index (κ1) is 36.1. The van der Waals surface area contributed by atoms with Crippen LogP contribution in [0.2, 0.25) is 0 Å². The van der Waals surface area contributed by atoms with E-state index in [0.29, 0.717) is 12.1 Å². The van der Waals surface area contributed by atoms with Crippen LogP contribution in [0.25, 0.3) is 28.0 Å². The Hall–Kier alpha value is -5.86. The highest BCUT2D eigenvalue weighted by Crippen LogP contribution is 2.58. The predicted molar refractivity (Wildman–Crippen MR) is 219 cm³/mol. The number of hydrogen-bond donors (Lipinski definition) is 1. The fourth-order valence-electron chi connectivity index (χ4n) is 8.45. The van der Waals surface area contributed by atoms with Gasteiger partial charge in [-0.25, -0.2) is 9.59 Å². The Balaban J connectivity index is 0.986. The van der Waals surface area contributed by atoms with Crippen LogP contribution in [-0.2, 0) is 25.3 Å². The average Bonchev–Trinajstić information content (AvgIpc) is 3.46. The van der Waals surface area contributed by atoms with E-state index in [-0.39, 0.29) is 25.2 Å². The molecule has 1 saturated heterocycles. The van der Waals surface area contributed by atoms with E-state index >= 15 is 0 Å². The van der Waals surface area contributed by atoms with Gasteiger partial charge in [0, 0.05) is 71.5 Å². The SMILES string of the molecule is C=C(C)C(=O)OCCNC(=O)OCCN1CCN(c2ccc(C3(c4ccccc4)C=Cc4c5c(c6ccccc6c4O3)-c3ccccc3C5(C)C)cc2)CC1. The lowest BCUT2D eigenvalue weighted by Crippen LogP contribution is -2.47. The normalized spacial score (nSPS) is 18.1. The number of nitrogens with one attached hydrogen (secondary N) is 1. The van der Waals surface area contributed by atoms with Crippen molar-refractivity contribution in [2.75, 3.05) is 57.4 Å². The van der Waals surface area contributed by atoms with Crippen molar-refractivity contribution in [3.63, 3.8) is 0 Å². The quantitative estimate of drug-likeness (QED) is 0.0877. The molecule has 8 rings (SSSR count). The highest BCUT2D eigenvalue weighted by Gasteiger charge is 2.44. The number of hydrogen-bond acceptors (Lipinski definition) is 7. The van der Waals surface area contributed by atoms with E-state index < -0.39 is 17.7 Å². The standard InChI is InChI=1S/C47H47N3O5/c1-32(2)44(51)53-30-24-48-45(52)54-31-29-49-25-27-50(28-26-49)35-20-18-34(19-21-35)47(33-12-6-5-7-13-33)23-22-39-42-41(36-14-8-9-15-37(36)43(39)55-47)38-16-10-11-17-40(38)46(42,3)4/h5-23H,1,24-31H2,2-4H3,(H,48,52). The number of nitrogens with zero attached hydrogens (tertiary/aromatic N) is 2. The maximum atomic E-state index is 12.1. The van der Waals surface area contributed by atoms with Crippen molar-refractivity contribution in [3.8, 4) is 16.9 Å². The lowest BCUT2D eigenvalue weighted by molar-refractivity contribution is -0.138. The molecule has 1 unspecified atom stereocenters. The minimum absolute atomic E-state index is 0.0710. The first-order valence-electron chi connectivity index (χ1n) is 19.1. The van der Waals surface area contributed by atoms with E-state index in [1.165, 1.54) is 27.6 Å². The number of benzene rings is 5. The zero-order valence-electron chi connectivity index (χ0n) is 31.8. The van der Waals surface area contributed by atoms with Gasteiger partial charge in [-0.15, -0.1) is 0 Å². The zero-order valence-corrected chi connectivity index (χ0v) is 31.8. The number of rotatable bonds is 10. The van der Waals surface area contributed by atoms with E-state index in [1.807, 2.05) is 0 Å². The van der Waals surface area contributed by atoms with Crippen molar-refractivity contribution in [2.24, 2.45) is 0 Å². The number of carbonyl (C=O) groups excluding carboxylic acids is 2. The minimum Gasteiger partial charge on any atom is -0.472 e. The maximum Gasteiger partial charge on any atom is 0.407 e. The molecule has 8 nitrogen and oxygen atoms in total. The van der Waals surface area contributed by atoms with Crippen LogP contribution < -0.4 is 15.0 Å². The van der Waals surface area contributed by atoms with E-state index in [9.17, 15) is 9.59 Å². The Morgan fingerprint density at radius 2 is 1.47 bits per heavy atom. The van der Waals surface area contributed by atoms with E-state index in [4.69, 9.17) is 14.2 Å². The number of alkyl carbamates (subject to hydrolysis) is 1. The molecule has 5 aromatic rings. The molecular formula is C47H47N3O5. The fourth-order valence-corrected chi connectivity index (χ4v) is 8.45. The van der Waals surface area contributed by atoms with Gasteiger partial charge in [0.25, 0.3) is 0 Å². The minimum atomic E-state index is -0.820. The van der Waals surface area contributed by atoms with Crippen LogP contribution in [0.1, 0.15) is 48.6 Å². The Morgan fingerprint density at radius 1 is 0.800 bits per heavy atom. The van der Waals surface area contributed by atoms with Crippen LogP contribution in [0.4, 0.5) is 10.5 Å². The van der Waals surface area contributed by atoms with Gasteiger partial charge in [-0.2, -0.15) is 0 Å². The molecule has 0 saturated carbocycles. The van der Waals surface area contributed by atoms with Gasteiger partial charge in [-0.05, 0) is 52.8 Å². The molecule has 1 fully saturated rings. The van der Waals surface area contributed by atoms with Crippen LogP contribution in [0.5, 0.6) is 5.75 Å². The maximum absolute atomic E-state index is 12.1. The van der Waals surface area contributed by atoms with Crippen molar-refractivity contribution < 1.29 is 23.8 Å². The molecule has 3 aliphatic rings. The Labute approximate surface area is 323 Å². The lowest BCUT2D eigenvalue weighted by Gasteiger charge is -2.39. The third-order valence-electron chi connectivity index (χ3n) is 11.3. The van der Waals surface area contributed by atoms with Crippen molar-refractivity contribution in [3.05, 3.63) is 149 Å². The molecule has 1 atom stereocenters. The summed E-state index contributed by atoms with van der Waals surface area (Å²) < 4.78 is 17.8. The van der Waals surface area contributed by atoms with E-state index in [2.05, 4.69) is 151 Å². The number of carbonyl (C=O) groups is 2. The third kappa shape index (κ3) is 6.65. The Bertz CT molecular complexity index is 2290. The summed E-state index contributed by atoms with van der Waals surface area (Å²) in [5.74, 6) is 0.447. The van der Waals surface area contributed by atoms with Gasteiger partial charge in [-0.3, -0.25) is 4.90 Å². The van der Waals surface area contributed by atoms with Gasteiger partial charge >= 0.3 is 12.1 Å². The van der Waals surface area contributed by atoms with Crippen LogP contribution >= 0.6 is 0 Å². The Kier molecular flexibility index (Phi) is 9.70. The van der Waals surface area contributed by atoms with Gasteiger partial charge in [0.2, 0.25) is 0 Å². The molecule has 55 heavy (non-hydrogen) atoms. The van der Waals surface area contributed by atoms with Crippen LogP contribution in [0.3, 0.4) is 0 Å². The topological polar surface area (TPSA) is 80.3 Å². The molecule has 1 aliphatic carbocycles. The molecule has 0 radical (unpaired) electrons. The highest BCUT2D eigenvalue weighted by atomic mass is 16.6. The summed E-state index contributed by atoms with van der Waals surface area (Å²) in [5.41, 5.74) is 9.07. The van der Waals surface area contributed by atoms with Crippen LogP contribution in [-0.4, -0.2) is 69.4 Å². The number of amides is 1. The van der Waals surface area contributed by atoms with Gasteiger partial charge in [0.15, 0.2) is 5.60 Å². The summed E-state index contributed by atoms with van der Waals surface area (Å²) in [6.45, 7) is 14.4. The number of ether oxygens (including phenoxy) is 3. The molecule has 1 amide bonds. The molecule has 1 N–H and O–H groups in total. The molecular weight excluding hydrogens is 687 g/mol. The summed E-state index contributed by atoms with van der Waals surface area (Å²) in [6.07, 6.45) is 4.05. The number of anilines is 1. The molecule has 8 heteroatoms. The monoisotopic (exact) mass is 733 g/mol. The largest absolute Gasteiger partial charge is 0.472 e. The highest BCUT2D eigenvalue weighted by molar-refractivity contribution is 6.08. The summed E-state index contributed by atoms with van der Waals surface area (Å²) in [5, 5.41) is 4.94. The van der Waals surface area contributed by atoms with Gasteiger partial charge < -0.3 is 24.4 Å². The van der Waals surface area contributed by atoms with Crippen molar-refractivity contribution >= 4 is 34.6 Å². The molecule has 0 bridgehead atoms. The zero-order chi connectivity index (χ0) is 38.2. The van der Waals surface area contributed by atoms with Gasteiger partial charge in [0.1, 0.15) is 19.0 Å². The molecule has 280 valence electrons. The molecule has 2 aliphatic heterocycles. The predicted octanol–water partition coefficient (Wildman–Crippen LogP) is 8.46. The van der Waals surface area contributed by atoms with E-state index in [1.54, 1.807) is 6.92 Å². The molecule has 2 heterocycles. The van der Waals surface area contributed by atoms with Crippen molar-refractivity contribution in [2.45, 2.75) is 31.8 Å². The van der Waals surface area contributed by atoms with Crippen LogP contribution in [0.15, 0.2) is 121 Å². The van der Waals surface area contributed by atoms with Crippen molar-refractivity contribution in [1.82, 2.24) is 10.2 Å². The lowest BCUT2D eigenvalue weighted by atomic mass is 9.77. The first-order chi connectivity index (χ1) is 26.7. The van der Waals surface area contributed by atoms with Gasteiger partial charge in [0.05, 0.1) is 6.54 Å². The average molecular weight is 734 g/mol. The van der Waals surface area contributed by atoms with Gasteiger partial charge in [-0.1, -0.05) is 117 Å². The summed E-state index contributed by atoms with van der Waals surface area (Å²) in [7, 11) is 0. The Morgan fingerprint density at radius 3 is 2.22 bits per heavy atom. The smallest absolute Gasteiger partial charge is 0.407 e. The number of esters is 1. The van der Waals surface area contributed by atoms with E-state index in [0.717, 1.165) is 59.7 Å². The molecule has 0 aromatic heterocycles. The molecule has 0 spiro atoms. The number of fused-ring (bicyclic) bond motifs is 8. The summed E-state index contributed by atoms with van der Waals surface area (Å²) >= 11 is 0. The first-order valence-corrected chi connectivity index (χ1v) is 19.1. The molecule has 5 aromatic carbocycles.